The van der Waals surface area contributed by atoms with Crippen LogP contribution >= 0.6 is 50.9 Å². The lowest BCUT2D eigenvalue weighted by Gasteiger charge is -2.26. The Bertz CT molecular complexity index is 663. The molecule has 5 heteroatoms. The predicted octanol–water partition coefficient (Wildman–Crippen LogP) is 6.08. The molecule has 0 saturated heterocycles. The number of nitrogens with one attached hydrogen (secondary N) is 1. The summed E-state index contributed by atoms with van der Waals surface area (Å²) in [5, 5.41) is 5.20. The van der Waals surface area contributed by atoms with Crippen LogP contribution in [0.15, 0.2) is 45.8 Å². The van der Waals surface area contributed by atoms with Crippen molar-refractivity contribution >= 4 is 50.9 Å². The Morgan fingerprint density at radius 3 is 2.90 bits per heavy atom. The summed E-state index contributed by atoms with van der Waals surface area (Å²) in [5.41, 5.74) is 2.40. The molecule has 1 nitrogen and oxygen atoms in total. The van der Waals surface area contributed by atoms with Crippen molar-refractivity contribution in [3.8, 4) is 0 Å². The first kappa shape index (κ1) is 15.7. The van der Waals surface area contributed by atoms with Crippen LogP contribution in [-0.2, 0) is 6.54 Å². The van der Waals surface area contributed by atoms with Gasteiger partial charge in [0.15, 0.2) is 0 Å². The normalized spacial score (nSPS) is 17.6. The van der Waals surface area contributed by atoms with Crippen molar-refractivity contribution in [2.45, 2.75) is 23.9 Å². The minimum absolute atomic E-state index is 0.329. The highest BCUT2D eigenvalue weighted by Crippen LogP contribution is 2.37. The van der Waals surface area contributed by atoms with E-state index in [9.17, 15) is 0 Å². The van der Waals surface area contributed by atoms with Gasteiger partial charge < -0.3 is 5.32 Å². The second kappa shape index (κ2) is 6.93. The van der Waals surface area contributed by atoms with Crippen LogP contribution in [0.4, 0.5) is 0 Å². The van der Waals surface area contributed by atoms with Gasteiger partial charge in [0.05, 0.1) is 0 Å². The van der Waals surface area contributed by atoms with E-state index in [1.54, 1.807) is 0 Å². The lowest BCUT2D eigenvalue weighted by Crippen LogP contribution is -2.24. The van der Waals surface area contributed by atoms with Gasteiger partial charge in [0.25, 0.3) is 0 Å². The molecule has 1 aliphatic heterocycles. The number of benzene rings is 2. The minimum Gasteiger partial charge on any atom is -0.306 e. The molecule has 0 spiro atoms. The van der Waals surface area contributed by atoms with Crippen molar-refractivity contribution in [3.63, 3.8) is 0 Å². The van der Waals surface area contributed by atoms with E-state index in [0.717, 1.165) is 38.8 Å². The fourth-order valence-electron chi connectivity index (χ4n) is 2.49. The predicted molar refractivity (Wildman–Crippen MR) is 95.5 cm³/mol. The molecule has 1 unspecified atom stereocenters. The molecular weight excluding hydrogens is 389 g/mol. The zero-order valence-electron chi connectivity index (χ0n) is 11.2. The molecule has 110 valence electrons. The minimum atomic E-state index is 0.329. The molecule has 1 atom stereocenters. The van der Waals surface area contributed by atoms with Crippen molar-refractivity contribution in [2.75, 3.05) is 5.75 Å². The van der Waals surface area contributed by atoms with Crippen LogP contribution in [-0.4, -0.2) is 5.75 Å². The molecular formula is C16H14BrCl2NS. The van der Waals surface area contributed by atoms with Crippen LogP contribution in [0, 0.1) is 0 Å². The molecule has 2 aromatic carbocycles. The van der Waals surface area contributed by atoms with Gasteiger partial charge >= 0.3 is 0 Å². The van der Waals surface area contributed by atoms with E-state index in [1.165, 1.54) is 10.5 Å². The SMILES string of the molecule is Clc1ccc2c(c1)C(NCc1cc(Br)ccc1Cl)CCS2. The molecule has 0 amide bonds. The van der Waals surface area contributed by atoms with Gasteiger partial charge in [0.1, 0.15) is 0 Å². The summed E-state index contributed by atoms with van der Waals surface area (Å²) in [4.78, 5) is 1.32. The van der Waals surface area contributed by atoms with E-state index in [4.69, 9.17) is 23.2 Å². The molecule has 21 heavy (non-hydrogen) atoms. The fourth-order valence-corrected chi connectivity index (χ4v) is 4.37. The van der Waals surface area contributed by atoms with Crippen molar-refractivity contribution in [1.29, 1.82) is 0 Å². The summed E-state index contributed by atoms with van der Waals surface area (Å²) in [5.74, 6) is 1.12. The van der Waals surface area contributed by atoms with Crippen molar-refractivity contribution in [3.05, 3.63) is 62.0 Å². The first-order chi connectivity index (χ1) is 10.1. The summed E-state index contributed by atoms with van der Waals surface area (Å²) < 4.78 is 1.05. The summed E-state index contributed by atoms with van der Waals surface area (Å²) in [7, 11) is 0. The lowest BCUT2D eigenvalue weighted by atomic mass is 10.0. The van der Waals surface area contributed by atoms with E-state index in [1.807, 2.05) is 30.0 Å². The van der Waals surface area contributed by atoms with Gasteiger partial charge in [-0.1, -0.05) is 39.1 Å². The molecule has 1 aliphatic rings. The van der Waals surface area contributed by atoms with E-state index in [0.29, 0.717) is 6.04 Å². The monoisotopic (exact) mass is 401 g/mol. The molecule has 0 aromatic heterocycles. The number of hydrogen-bond donors (Lipinski definition) is 1. The van der Waals surface area contributed by atoms with Gasteiger partial charge in [-0.05, 0) is 59.7 Å². The van der Waals surface area contributed by atoms with Gasteiger partial charge in [-0.15, -0.1) is 11.8 Å². The maximum absolute atomic E-state index is 6.25. The Balaban J connectivity index is 1.78. The molecule has 0 saturated carbocycles. The Morgan fingerprint density at radius 2 is 2.05 bits per heavy atom. The number of fused-ring (bicyclic) bond motifs is 1. The largest absolute Gasteiger partial charge is 0.306 e. The molecule has 0 radical (unpaired) electrons. The van der Waals surface area contributed by atoms with Crippen LogP contribution in [0.1, 0.15) is 23.6 Å². The van der Waals surface area contributed by atoms with E-state index >= 15 is 0 Å². The van der Waals surface area contributed by atoms with Crippen molar-refractivity contribution in [1.82, 2.24) is 5.32 Å². The van der Waals surface area contributed by atoms with Crippen molar-refractivity contribution in [2.24, 2.45) is 0 Å². The third-order valence-electron chi connectivity index (χ3n) is 3.56. The third kappa shape index (κ3) is 3.77. The first-order valence-corrected chi connectivity index (χ1v) is 9.26. The van der Waals surface area contributed by atoms with Crippen molar-refractivity contribution < 1.29 is 0 Å². The van der Waals surface area contributed by atoms with Crippen LogP contribution in [0.2, 0.25) is 10.0 Å². The van der Waals surface area contributed by atoms with Gasteiger partial charge in [0, 0.05) is 32.0 Å². The smallest absolute Gasteiger partial charge is 0.0451 e. The average Bonchev–Trinajstić information content (AvgIpc) is 2.48. The Morgan fingerprint density at radius 1 is 1.19 bits per heavy atom. The number of thioether (sulfide) groups is 1. The quantitative estimate of drug-likeness (QED) is 0.667. The van der Waals surface area contributed by atoms with E-state index in [-0.39, 0.29) is 0 Å². The first-order valence-electron chi connectivity index (χ1n) is 6.73. The molecule has 0 bridgehead atoms. The topological polar surface area (TPSA) is 12.0 Å². The Kier molecular flexibility index (Phi) is 5.18. The van der Waals surface area contributed by atoms with Crippen LogP contribution < -0.4 is 5.32 Å². The second-order valence-electron chi connectivity index (χ2n) is 4.99. The molecule has 1 N–H and O–H groups in total. The fraction of sp³-hybridized carbons (Fsp3) is 0.250. The van der Waals surface area contributed by atoms with Gasteiger partial charge in [-0.2, -0.15) is 0 Å². The second-order valence-corrected chi connectivity index (χ2v) is 7.88. The van der Waals surface area contributed by atoms with E-state index in [2.05, 4.69) is 39.4 Å². The summed E-state index contributed by atoms with van der Waals surface area (Å²) in [6.45, 7) is 0.750. The number of hydrogen-bond acceptors (Lipinski definition) is 2. The van der Waals surface area contributed by atoms with Crippen LogP contribution in [0.5, 0.6) is 0 Å². The molecule has 1 heterocycles. The lowest BCUT2D eigenvalue weighted by molar-refractivity contribution is 0.510. The summed E-state index contributed by atoms with van der Waals surface area (Å²) in [6.07, 6.45) is 1.10. The highest BCUT2D eigenvalue weighted by molar-refractivity contribution is 9.10. The van der Waals surface area contributed by atoms with Gasteiger partial charge in [-0.25, -0.2) is 0 Å². The molecule has 2 aromatic rings. The Labute approximate surface area is 147 Å². The summed E-state index contributed by atoms with van der Waals surface area (Å²) >= 11 is 17.8. The van der Waals surface area contributed by atoms with Crippen LogP contribution in [0.3, 0.4) is 0 Å². The molecule has 0 aliphatic carbocycles. The third-order valence-corrected chi connectivity index (χ3v) is 5.78. The van der Waals surface area contributed by atoms with Gasteiger partial charge in [0.2, 0.25) is 0 Å². The van der Waals surface area contributed by atoms with Gasteiger partial charge in [-0.3, -0.25) is 0 Å². The van der Waals surface area contributed by atoms with Crippen LogP contribution in [0.25, 0.3) is 0 Å². The molecule has 0 fully saturated rings. The zero-order chi connectivity index (χ0) is 14.8. The maximum Gasteiger partial charge on any atom is 0.0451 e. The summed E-state index contributed by atoms with van der Waals surface area (Å²) in [6, 6.07) is 12.4. The molecule has 3 rings (SSSR count). The number of rotatable bonds is 3. The highest BCUT2D eigenvalue weighted by Gasteiger charge is 2.20. The average molecular weight is 403 g/mol. The van der Waals surface area contributed by atoms with E-state index < -0.39 is 0 Å². The highest BCUT2D eigenvalue weighted by atomic mass is 79.9. The Hall–Kier alpha value is -0.190. The standard InChI is InChI=1S/C16H14BrCl2NS/c17-11-1-3-14(19)10(7-11)9-20-15-5-6-21-16-4-2-12(18)8-13(15)16/h1-4,7-8,15,20H,5-6,9H2. The maximum atomic E-state index is 6.25. The number of halogens is 3. The zero-order valence-corrected chi connectivity index (χ0v) is 15.1.